The van der Waals surface area contributed by atoms with Gasteiger partial charge in [-0.2, -0.15) is 0 Å². The van der Waals surface area contributed by atoms with Gasteiger partial charge in [-0.3, -0.25) is 49.0 Å². The molecule has 0 aliphatic rings. The number of nitro groups is 2. The number of benzene rings is 2. The van der Waals surface area contributed by atoms with Gasteiger partial charge in [-0.15, -0.1) is 0 Å². The largest absolute Gasteiger partial charge is 0.427 e. The van der Waals surface area contributed by atoms with Crippen molar-refractivity contribution < 1.29 is 48.1 Å². The highest BCUT2D eigenvalue weighted by atomic mass is 33.1. The number of nitrogens with zero attached hydrogens (tertiary/aromatic N) is 2. The Labute approximate surface area is 380 Å². The zero-order chi connectivity index (χ0) is 47.0. The van der Waals surface area contributed by atoms with E-state index in [4.69, 9.17) is 20.9 Å². The van der Waals surface area contributed by atoms with Gasteiger partial charge >= 0.3 is 11.9 Å². The van der Waals surface area contributed by atoms with Crippen LogP contribution in [0.3, 0.4) is 0 Å². The number of nitro benzene ring substituents is 2. The first-order chi connectivity index (χ1) is 30.8. The first-order valence-corrected chi connectivity index (χ1v) is 24.0. The summed E-state index contributed by atoms with van der Waals surface area (Å²) in [6.45, 7) is 1.62. The van der Waals surface area contributed by atoms with Gasteiger partial charge in [0.15, 0.2) is 0 Å². The summed E-state index contributed by atoms with van der Waals surface area (Å²) in [7, 11) is 2.55. The maximum absolute atomic E-state index is 13.3. The molecule has 2 aromatic rings. The fourth-order valence-corrected chi connectivity index (χ4v) is 8.12. The first kappa shape index (κ1) is 54.8. The van der Waals surface area contributed by atoms with Crippen molar-refractivity contribution in [2.24, 2.45) is 11.5 Å². The summed E-state index contributed by atoms with van der Waals surface area (Å²) >= 11 is 0. The Balaban J connectivity index is 1.86. The summed E-state index contributed by atoms with van der Waals surface area (Å²) in [5.41, 5.74) is 10.9. The molecule has 4 amide bonds. The van der Waals surface area contributed by atoms with E-state index in [0.29, 0.717) is 77.5 Å². The Kier molecular flexibility index (Phi) is 28.5. The van der Waals surface area contributed by atoms with E-state index in [0.717, 1.165) is 25.7 Å². The van der Waals surface area contributed by atoms with Gasteiger partial charge in [0.1, 0.15) is 23.6 Å². The molecule has 0 bridgehead atoms. The highest BCUT2D eigenvalue weighted by Crippen LogP contribution is 2.24. The van der Waals surface area contributed by atoms with Gasteiger partial charge in [-0.1, -0.05) is 47.3 Å². The fourth-order valence-electron chi connectivity index (χ4n) is 5.79. The summed E-state index contributed by atoms with van der Waals surface area (Å²) < 4.78 is 10.4. The Bertz CT molecular complexity index is 1650. The van der Waals surface area contributed by atoms with E-state index in [-0.39, 0.29) is 83.7 Å². The average molecular weight is 935 g/mol. The lowest BCUT2D eigenvalue weighted by molar-refractivity contribution is -0.385. The van der Waals surface area contributed by atoms with Crippen LogP contribution < -0.4 is 42.2 Å². The van der Waals surface area contributed by atoms with Gasteiger partial charge in [0.05, 0.1) is 9.85 Å². The highest BCUT2D eigenvalue weighted by molar-refractivity contribution is 8.76. The molecule has 0 aliphatic carbocycles. The number of carbonyl (C=O) groups excluding carboxylic acids is 6. The third-order valence-electron chi connectivity index (χ3n) is 9.34. The molecule has 0 radical (unpaired) electrons. The summed E-state index contributed by atoms with van der Waals surface area (Å²) in [6.07, 6.45) is 8.29. The lowest BCUT2D eigenvalue weighted by atomic mass is 10.1. The standard InChI is InChI=1S/C42H62N8O12S2/c43-25-9-1-5-13-37(51)47-35(41(55)45-27-11-3-7-15-39(53)61-33-21-17-31(18-22-33)49(57)58)29-63-64-30-36(48-38(52)14-6-2-10-26-44)42(56)46-28-12-4-8-16-40(54)62-34-23-19-32(20-24-34)50(59)60/h17-24,35-36H,1-16,25-30,43-44H2,(H,45,55)(H,46,56)(H,47,51)(H,48,52). The van der Waals surface area contributed by atoms with Gasteiger partial charge in [-0.25, -0.2) is 0 Å². The van der Waals surface area contributed by atoms with Crippen molar-refractivity contribution in [1.29, 1.82) is 0 Å². The molecule has 2 unspecified atom stereocenters. The molecule has 0 spiro atoms. The van der Waals surface area contributed by atoms with Crippen LogP contribution in [0.2, 0.25) is 0 Å². The van der Waals surface area contributed by atoms with E-state index in [1.807, 2.05) is 0 Å². The Morgan fingerprint density at radius 2 is 0.859 bits per heavy atom. The molecule has 0 aromatic heterocycles. The molecule has 8 N–H and O–H groups in total. The monoisotopic (exact) mass is 934 g/mol. The normalized spacial score (nSPS) is 11.7. The third kappa shape index (κ3) is 25.1. The van der Waals surface area contributed by atoms with Crippen molar-refractivity contribution in [1.82, 2.24) is 21.3 Å². The molecule has 0 heterocycles. The number of rotatable bonds is 35. The second-order valence-electron chi connectivity index (χ2n) is 14.7. The van der Waals surface area contributed by atoms with Crippen molar-refractivity contribution in [3.63, 3.8) is 0 Å². The Hall–Kier alpha value is -5.32. The minimum Gasteiger partial charge on any atom is -0.427 e. The number of nitrogens with two attached hydrogens (primary N) is 2. The van der Waals surface area contributed by atoms with Crippen molar-refractivity contribution in [2.75, 3.05) is 37.7 Å². The molecule has 2 rings (SSSR count). The predicted octanol–water partition coefficient (Wildman–Crippen LogP) is 4.76. The van der Waals surface area contributed by atoms with Crippen molar-refractivity contribution in [3.05, 3.63) is 68.8 Å². The summed E-state index contributed by atoms with van der Waals surface area (Å²) in [4.78, 5) is 97.1. The molecule has 0 aliphatic heterocycles. The van der Waals surface area contributed by atoms with Gasteiger partial charge in [0, 0.05) is 74.5 Å². The van der Waals surface area contributed by atoms with Crippen LogP contribution in [0.15, 0.2) is 48.5 Å². The number of hydrogen-bond donors (Lipinski definition) is 6. The van der Waals surface area contributed by atoms with Crippen molar-refractivity contribution >= 4 is 68.5 Å². The van der Waals surface area contributed by atoms with Crippen molar-refractivity contribution in [3.8, 4) is 11.5 Å². The van der Waals surface area contributed by atoms with Gasteiger partial charge in [0.2, 0.25) is 23.6 Å². The molecule has 2 aromatic carbocycles. The van der Waals surface area contributed by atoms with Crippen LogP contribution in [0.1, 0.15) is 103 Å². The van der Waals surface area contributed by atoms with E-state index in [2.05, 4.69) is 21.3 Å². The summed E-state index contributed by atoms with van der Waals surface area (Å²) in [6, 6.07) is 8.63. The lowest BCUT2D eigenvalue weighted by Crippen LogP contribution is -2.49. The number of hydrogen-bond acceptors (Lipinski definition) is 16. The second-order valence-corrected chi connectivity index (χ2v) is 17.2. The number of unbranched alkanes of at least 4 members (excludes halogenated alkanes) is 8. The molecular formula is C42H62N8O12S2. The van der Waals surface area contributed by atoms with E-state index in [9.17, 15) is 49.0 Å². The van der Waals surface area contributed by atoms with Crippen LogP contribution >= 0.6 is 21.6 Å². The number of ether oxygens (including phenoxy) is 2. The molecular weight excluding hydrogens is 873 g/mol. The quantitative estimate of drug-likeness (QED) is 0.0136. The van der Waals surface area contributed by atoms with Gasteiger partial charge in [0.25, 0.3) is 11.4 Å². The summed E-state index contributed by atoms with van der Waals surface area (Å²) in [5, 5.41) is 33.0. The maximum atomic E-state index is 13.3. The molecule has 20 nitrogen and oxygen atoms in total. The van der Waals surface area contributed by atoms with E-state index in [1.165, 1.54) is 70.1 Å². The van der Waals surface area contributed by atoms with Crippen LogP contribution in [0, 0.1) is 20.2 Å². The van der Waals surface area contributed by atoms with Gasteiger partial charge < -0.3 is 42.2 Å². The zero-order valence-electron chi connectivity index (χ0n) is 36.1. The summed E-state index contributed by atoms with van der Waals surface area (Å²) in [5.74, 6) is -1.56. The highest BCUT2D eigenvalue weighted by Gasteiger charge is 2.24. The number of carbonyl (C=O) groups is 6. The zero-order valence-corrected chi connectivity index (χ0v) is 37.7. The van der Waals surface area contributed by atoms with Crippen LogP contribution in [0.5, 0.6) is 11.5 Å². The van der Waals surface area contributed by atoms with Crippen molar-refractivity contribution in [2.45, 2.75) is 115 Å². The lowest BCUT2D eigenvalue weighted by Gasteiger charge is -2.20. The minimum absolute atomic E-state index is 0.114. The maximum Gasteiger partial charge on any atom is 0.311 e. The molecule has 64 heavy (non-hydrogen) atoms. The van der Waals surface area contributed by atoms with Gasteiger partial charge in [-0.05, 0) is 88.7 Å². The molecule has 0 saturated carbocycles. The van der Waals surface area contributed by atoms with E-state index < -0.39 is 33.9 Å². The van der Waals surface area contributed by atoms with Crippen LogP contribution in [0.25, 0.3) is 0 Å². The minimum atomic E-state index is -0.882. The molecule has 2 atom stereocenters. The number of amides is 4. The van der Waals surface area contributed by atoms with E-state index >= 15 is 0 Å². The molecule has 354 valence electrons. The molecule has 22 heteroatoms. The second kappa shape index (κ2) is 33.2. The Morgan fingerprint density at radius 1 is 0.516 bits per heavy atom. The average Bonchev–Trinajstić information content (AvgIpc) is 3.27. The first-order valence-electron chi connectivity index (χ1n) is 21.5. The predicted molar refractivity (Wildman–Crippen MR) is 244 cm³/mol. The Morgan fingerprint density at radius 3 is 1.20 bits per heavy atom. The number of nitrogens with one attached hydrogen (secondary N) is 4. The number of esters is 2. The van der Waals surface area contributed by atoms with Crippen LogP contribution in [-0.2, 0) is 28.8 Å². The third-order valence-corrected chi connectivity index (χ3v) is 11.8. The fraction of sp³-hybridized carbons (Fsp3) is 0.571. The molecule has 0 fully saturated rings. The van der Waals surface area contributed by atoms with Crippen LogP contribution in [-0.4, -0.2) is 95.2 Å². The topological polar surface area (TPSA) is 307 Å². The SMILES string of the molecule is NCCCCCC(=O)NC(CSSCC(NC(=O)CCCCCN)C(=O)NCCCCCC(=O)Oc1ccc([N+](=O)[O-])cc1)C(=O)NCCCCCC(=O)Oc1ccc([N+](=O)[O-])cc1. The smallest absolute Gasteiger partial charge is 0.311 e. The molecule has 0 saturated heterocycles. The van der Waals surface area contributed by atoms with E-state index in [1.54, 1.807) is 0 Å². The number of non-ortho nitro benzene ring substituents is 2. The van der Waals surface area contributed by atoms with Crippen LogP contribution in [0.4, 0.5) is 11.4 Å².